The lowest BCUT2D eigenvalue weighted by Crippen LogP contribution is -2.44. The summed E-state index contributed by atoms with van der Waals surface area (Å²) in [6, 6.07) is 4.21. The molecule has 2 fully saturated rings. The molecule has 1 N–H and O–H groups in total. The SMILES string of the molecule is C[C@@H]1COCCN1c1cc(COS(C)=O)c2ccnc(C3=CCNN3C3CCCCO3)c2n1. The summed E-state index contributed by atoms with van der Waals surface area (Å²) in [7, 11) is 0. The highest BCUT2D eigenvalue weighted by Gasteiger charge is 2.30. The van der Waals surface area contributed by atoms with Crippen LogP contribution in [0.1, 0.15) is 37.4 Å². The van der Waals surface area contributed by atoms with Crippen molar-refractivity contribution >= 4 is 33.5 Å². The molecule has 0 aromatic carbocycles. The molecule has 3 aliphatic rings. The number of hydrogen-bond donors (Lipinski definition) is 1. The number of fused-ring (bicyclic) bond motifs is 1. The van der Waals surface area contributed by atoms with E-state index in [0.717, 1.165) is 72.6 Å². The van der Waals surface area contributed by atoms with E-state index in [1.165, 1.54) is 0 Å². The number of morpholine rings is 1. The summed E-state index contributed by atoms with van der Waals surface area (Å²) in [6.45, 7) is 5.96. The number of hydrogen-bond acceptors (Lipinski definition) is 9. The molecular formula is C23H31N5O4S. The zero-order chi connectivity index (χ0) is 22.8. The third-order valence-corrected chi connectivity index (χ3v) is 6.79. The molecule has 0 bridgehead atoms. The van der Waals surface area contributed by atoms with Gasteiger partial charge in [-0.3, -0.25) is 14.2 Å². The Labute approximate surface area is 196 Å². The van der Waals surface area contributed by atoms with Crippen LogP contribution in [0.25, 0.3) is 16.6 Å². The molecule has 2 saturated heterocycles. The van der Waals surface area contributed by atoms with Crippen molar-refractivity contribution in [3.63, 3.8) is 0 Å². The second-order valence-electron chi connectivity index (χ2n) is 8.62. The first-order chi connectivity index (χ1) is 16.1. The van der Waals surface area contributed by atoms with E-state index in [2.05, 4.69) is 28.3 Å². The highest BCUT2D eigenvalue weighted by molar-refractivity contribution is 7.79. The average molecular weight is 474 g/mol. The van der Waals surface area contributed by atoms with Gasteiger partial charge in [-0.1, -0.05) is 0 Å². The predicted molar refractivity (Wildman–Crippen MR) is 127 cm³/mol. The van der Waals surface area contributed by atoms with Crippen molar-refractivity contribution < 1.29 is 17.9 Å². The Kier molecular flexibility index (Phi) is 6.89. The van der Waals surface area contributed by atoms with E-state index in [-0.39, 0.29) is 18.9 Å². The first-order valence-electron chi connectivity index (χ1n) is 11.6. The Morgan fingerprint density at radius 2 is 2.24 bits per heavy atom. The molecule has 3 aliphatic heterocycles. The van der Waals surface area contributed by atoms with Gasteiger partial charge >= 0.3 is 0 Å². The summed E-state index contributed by atoms with van der Waals surface area (Å²) in [5.41, 5.74) is 6.99. The van der Waals surface area contributed by atoms with Crippen LogP contribution in [-0.4, -0.2) is 70.6 Å². The molecule has 2 aromatic heterocycles. The van der Waals surface area contributed by atoms with Crippen molar-refractivity contribution in [2.75, 3.05) is 44.1 Å². The number of nitrogens with zero attached hydrogens (tertiary/aromatic N) is 4. The molecule has 0 spiro atoms. The van der Waals surface area contributed by atoms with Crippen LogP contribution in [-0.2, 0) is 31.3 Å². The smallest absolute Gasteiger partial charge is 0.152 e. The van der Waals surface area contributed by atoms with Gasteiger partial charge in [0, 0.05) is 37.5 Å². The van der Waals surface area contributed by atoms with Crippen LogP contribution in [0.2, 0.25) is 0 Å². The summed E-state index contributed by atoms with van der Waals surface area (Å²) in [5.74, 6) is 0.861. The Bertz CT molecular complexity index is 1060. The van der Waals surface area contributed by atoms with Crippen molar-refractivity contribution in [2.24, 2.45) is 0 Å². The Morgan fingerprint density at radius 1 is 1.33 bits per heavy atom. The van der Waals surface area contributed by atoms with Gasteiger partial charge in [-0.2, -0.15) is 0 Å². The Hall–Kier alpha value is -2.11. The minimum atomic E-state index is -1.36. The van der Waals surface area contributed by atoms with Gasteiger partial charge in [0.2, 0.25) is 0 Å². The quantitative estimate of drug-likeness (QED) is 0.679. The number of nitrogens with one attached hydrogen (secondary N) is 1. The monoisotopic (exact) mass is 473 g/mol. The van der Waals surface area contributed by atoms with E-state index < -0.39 is 11.1 Å². The summed E-state index contributed by atoms with van der Waals surface area (Å²) < 4.78 is 28.9. The Morgan fingerprint density at radius 3 is 3.03 bits per heavy atom. The van der Waals surface area contributed by atoms with Crippen molar-refractivity contribution in [1.82, 2.24) is 20.4 Å². The van der Waals surface area contributed by atoms with Gasteiger partial charge in [0.1, 0.15) is 23.3 Å². The van der Waals surface area contributed by atoms with Gasteiger partial charge in [-0.25, -0.2) is 14.6 Å². The second-order valence-corrected chi connectivity index (χ2v) is 9.66. The van der Waals surface area contributed by atoms with Gasteiger partial charge in [0.25, 0.3) is 0 Å². The van der Waals surface area contributed by atoms with E-state index in [9.17, 15) is 4.21 Å². The first-order valence-corrected chi connectivity index (χ1v) is 13.0. The lowest BCUT2D eigenvalue weighted by Gasteiger charge is -2.35. The van der Waals surface area contributed by atoms with Crippen molar-refractivity contribution in [3.05, 3.63) is 35.7 Å². The predicted octanol–water partition coefficient (Wildman–Crippen LogP) is 2.35. The largest absolute Gasteiger partial charge is 0.377 e. The lowest BCUT2D eigenvalue weighted by atomic mass is 10.1. The molecule has 2 aromatic rings. The molecule has 10 heteroatoms. The number of hydrazine groups is 1. The van der Waals surface area contributed by atoms with Crippen molar-refractivity contribution in [2.45, 2.75) is 45.1 Å². The molecule has 9 nitrogen and oxygen atoms in total. The number of anilines is 1. The van der Waals surface area contributed by atoms with Gasteiger partial charge in [-0.15, -0.1) is 0 Å². The molecule has 0 amide bonds. The van der Waals surface area contributed by atoms with E-state index in [1.54, 1.807) is 6.26 Å². The van der Waals surface area contributed by atoms with Crippen LogP contribution in [0.4, 0.5) is 5.82 Å². The molecule has 0 radical (unpaired) electrons. The number of ether oxygens (including phenoxy) is 2. The summed E-state index contributed by atoms with van der Waals surface area (Å²) in [4.78, 5) is 12.1. The van der Waals surface area contributed by atoms with Crippen LogP contribution < -0.4 is 10.3 Å². The van der Waals surface area contributed by atoms with Gasteiger partial charge < -0.3 is 14.4 Å². The molecule has 0 saturated carbocycles. The topological polar surface area (TPSA) is 89.1 Å². The van der Waals surface area contributed by atoms with Gasteiger partial charge in [0.15, 0.2) is 11.1 Å². The second kappa shape index (κ2) is 10.0. The van der Waals surface area contributed by atoms with Crippen LogP contribution in [0.3, 0.4) is 0 Å². The van der Waals surface area contributed by atoms with E-state index >= 15 is 0 Å². The minimum absolute atomic E-state index is 0.0164. The maximum Gasteiger partial charge on any atom is 0.152 e. The van der Waals surface area contributed by atoms with Crippen molar-refractivity contribution in [1.29, 1.82) is 0 Å². The van der Waals surface area contributed by atoms with Gasteiger partial charge in [-0.05, 0) is 50.0 Å². The molecular weight excluding hydrogens is 442 g/mol. The fraction of sp³-hybridized carbons (Fsp3) is 0.565. The maximum absolute atomic E-state index is 11.7. The highest BCUT2D eigenvalue weighted by atomic mass is 32.2. The number of pyridine rings is 2. The van der Waals surface area contributed by atoms with Crippen LogP contribution >= 0.6 is 0 Å². The summed E-state index contributed by atoms with van der Waals surface area (Å²) in [5, 5.41) is 3.05. The molecule has 5 heterocycles. The molecule has 33 heavy (non-hydrogen) atoms. The van der Waals surface area contributed by atoms with Gasteiger partial charge in [0.05, 0.1) is 31.6 Å². The highest BCUT2D eigenvalue weighted by Crippen LogP contribution is 2.33. The van der Waals surface area contributed by atoms with Crippen LogP contribution in [0, 0.1) is 0 Å². The normalized spacial score (nSPS) is 24.8. The van der Waals surface area contributed by atoms with E-state index in [4.69, 9.17) is 23.6 Å². The van der Waals surface area contributed by atoms with E-state index in [1.807, 2.05) is 18.3 Å². The van der Waals surface area contributed by atoms with Crippen LogP contribution in [0.15, 0.2) is 24.4 Å². The standard InChI is InChI=1S/C23H31N5O4S/c1-16-14-30-12-10-27(16)20-13-17(15-32-33(2)29)18-6-8-24-23(22(18)26-20)19-7-9-25-28(19)21-5-3-4-11-31-21/h6-8,13,16,21,25H,3-5,9-12,14-15H2,1-2H3/t16-,21?,33?/m1/s1. The third-order valence-electron chi connectivity index (χ3n) is 6.35. The summed E-state index contributed by atoms with van der Waals surface area (Å²) >= 11 is -1.36. The minimum Gasteiger partial charge on any atom is -0.377 e. The molecule has 3 atom stereocenters. The first kappa shape index (κ1) is 22.7. The summed E-state index contributed by atoms with van der Waals surface area (Å²) in [6.07, 6.45) is 8.69. The zero-order valence-electron chi connectivity index (χ0n) is 19.2. The molecule has 178 valence electrons. The zero-order valence-corrected chi connectivity index (χ0v) is 20.0. The molecule has 2 unspecified atom stereocenters. The Balaban J connectivity index is 1.59. The number of aromatic nitrogens is 2. The maximum atomic E-state index is 11.7. The lowest BCUT2D eigenvalue weighted by molar-refractivity contribution is -0.0746. The van der Waals surface area contributed by atoms with Crippen LogP contribution in [0.5, 0.6) is 0 Å². The fourth-order valence-electron chi connectivity index (χ4n) is 4.69. The fourth-order valence-corrected chi connectivity index (χ4v) is 4.99. The van der Waals surface area contributed by atoms with E-state index in [0.29, 0.717) is 13.2 Å². The third kappa shape index (κ3) is 4.76. The molecule has 5 rings (SSSR count). The average Bonchev–Trinajstić information content (AvgIpc) is 3.32. The number of rotatable bonds is 6. The van der Waals surface area contributed by atoms with Crippen molar-refractivity contribution in [3.8, 4) is 0 Å². The molecule has 0 aliphatic carbocycles.